The predicted molar refractivity (Wildman–Crippen MR) is 165 cm³/mol. The second kappa shape index (κ2) is 17.3. The van der Waals surface area contributed by atoms with Crippen molar-refractivity contribution in [2.24, 2.45) is 0 Å². The van der Waals surface area contributed by atoms with E-state index in [0.717, 1.165) is 35.5 Å². The van der Waals surface area contributed by atoms with Crippen LogP contribution in [0.5, 0.6) is 23.0 Å². The third kappa shape index (κ3) is 8.54. The van der Waals surface area contributed by atoms with E-state index in [1.54, 1.807) is 30.3 Å². The third-order valence-electron chi connectivity index (χ3n) is 5.75. The number of benzene rings is 3. The number of phenolic OH excluding ortho intramolecular Hbond substituents is 1. The van der Waals surface area contributed by atoms with Crippen molar-refractivity contribution in [1.29, 1.82) is 0 Å². The lowest BCUT2D eigenvalue weighted by atomic mass is 10.1. The molecule has 1 N–H and O–H groups in total. The largest absolute Gasteiger partial charge is 0.508 e. The van der Waals surface area contributed by atoms with Gasteiger partial charge in [0.05, 0.1) is 6.67 Å². The Bertz CT molecular complexity index is 1290. The normalized spacial score (nSPS) is 12.5. The van der Waals surface area contributed by atoms with Crippen LogP contribution >= 0.6 is 11.3 Å². The van der Waals surface area contributed by atoms with Crippen molar-refractivity contribution < 1.29 is 23.8 Å². The van der Waals surface area contributed by atoms with Crippen LogP contribution in [0.25, 0.3) is 10.1 Å². The van der Waals surface area contributed by atoms with Gasteiger partial charge in [0.2, 0.25) is 5.78 Å². The summed E-state index contributed by atoms with van der Waals surface area (Å²) in [4.78, 5) is 15.9. The summed E-state index contributed by atoms with van der Waals surface area (Å²) >= 11 is 1.30. The summed E-state index contributed by atoms with van der Waals surface area (Å²) in [7, 11) is 0. The third-order valence-corrected chi connectivity index (χ3v) is 6.88. The lowest BCUT2D eigenvalue weighted by Crippen LogP contribution is -2.53. The molecule has 2 heterocycles. The minimum Gasteiger partial charge on any atom is -0.508 e. The number of aromatic hydroxyl groups is 1. The quantitative estimate of drug-likeness (QED) is 0.204. The number of rotatable bonds is 9. The van der Waals surface area contributed by atoms with Gasteiger partial charge in [-0.25, -0.2) is 0 Å². The Morgan fingerprint density at radius 1 is 0.925 bits per heavy atom. The van der Waals surface area contributed by atoms with Crippen molar-refractivity contribution >= 4 is 27.2 Å². The van der Waals surface area contributed by atoms with Crippen LogP contribution in [0.4, 0.5) is 4.39 Å². The fraction of sp³-hybridized carbons (Fsp3) is 0.364. The molecule has 0 saturated carbocycles. The van der Waals surface area contributed by atoms with Gasteiger partial charge in [0.15, 0.2) is 5.75 Å². The molecule has 1 fully saturated rings. The first kappa shape index (κ1) is 32.8. The first-order valence-corrected chi connectivity index (χ1v) is 15.0. The Hall–Kier alpha value is -3.42. The van der Waals surface area contributed by atoms with Crippen molar-refractivity contribution in [2.45, 2.75) is 54.1 Å². The van der Waals surface area contributed by atoms with Gasteiger partial charge in [-0.3, -0.25) is 14.1 Å². The van der Waals surface area contributed by atoms with Crippen LogP contribution in [-0.2, 0) is 0 Å². The molecule has 0 spiro atoms. The van der Waals surface area contributed by atoms with Crippen LogP contribution in [0.1, 0.15) is 63.2 Å². The summed E-state index contributed by atoms with van der Waals surface area (Å²) in [5.41, 5.74) is 0.577. The minimum atomic E-state index is -0.289. The number of carbonyl (C=O) groups excluding carboxylic acids is 1. The molecule has 7 heteroatoms. The zero-order valence-corrected chi connectivity index (χ0v) is 25.3. The Morgan fingerprint density at radius 2 is 1.55 bits per heavy atom. The molecular formula is C33H42FNO4S. The maximum Gasteiger partial charge on any atom is 0.206 e. The Morgan fingerprint density at radius 3 is 2.17 bits per heavy atom. The number of alkyl halides is 1. The van der Waals surface area contributed by atoms with Crippen LogP contribution in [0.15, 0.2) is 72.8 Å². The van der Waals surface area contributed by atoms with Gasteiger partial charge in [-0.15, -0.1) is 11.3 Å². The zero-order chi connectivity index (χ0) is 29.5. The molecule has 1 saturated heterocycles. The number of fused-ring (bicyclic) bond motifs is 1. The van der Waals surface area contributed by atoms with E-state index in [1.165, 1.54) is 11.3 Å². The molecule has 216 valence electrons. The average molecular weight is 568 g/mol. The summed E-state index contributed by atoms with van der Waals surface area (Å²) in [6.45, 7) is 14.1. The highest BCUT2D eigenvalue weighted by atomic mass is 32.1. The number of ether oxygens (including phenoxy) is 2. The summed E-state index contributed by atoms with van der Waals surface area (Å²) in [5, 5.41) is 10.7. The van der Waals surface area contributed by atoms with Crippen molar-refractivity contribution in [3.05, 3.63) is 83.2 Å². The summed E-state index contributed by atoms with van der Waals surface area (Å²) in [6, 6.07) is 21.4. The molecule has 0 amide bonds. The van der Waals surface area contributed by atoms with E-state index in [2.05, 4.69) is 4.90 Å². The smallest absolute Gasteiger partial charge is 0.206 e. The Labute approximate surface area is 242 Å². The Kier molecular flexibility index (Phi) is 14.2. The lowest BCUT2D eigenvalue weighted by molar-refractivity contribution is 0.0184. The number of halogens is 1. The number of carbonyl (C=O) groups is 1. The molecule has 0 radical (unpaired) electrons. The number of ketones is 1. The number of phenols is 1. The first-order valence-electron chi connectivity index (χ1n) is 14.2. The minimum absolute atomic E-state index is 0.106. The van der Waals surface area contributed by atoms with E-state index in [-0.39, 0.29) is 24.3 Å². The van der Waals surface area contributed by atoms with Gasteiger partial charge in [0.1, 0.15) is 28.2 Å². The topological polar surface area (TPSA) is 59.0 Å². The van der Waals surface area contributed by atoms with E-state index in [1.807, 2.05) is 84.0 Å². The van der Waals surface area contributed by atoms with Crippen LogP contribution in [-0.4, -0.2) is 48.2 Å². The fourth-order valence-corrected chi connectivity index (χ4v) is 5.12. The van der Waals surface area contributed by atoms with Crippen LogP contribution in [0.3, 0.4) is 0 Å². The van der Waals surface area contributed by atoms with Gasteiger partial charge in [-0.2, -0.15) is 0 Å². The van der Waals surface area contributed by atoms with Crippen molar-refractivity contribution in [3.63, 3.8) is 0 Å². The SMILES string of the molecule is CC.CC.CC.O=C(c1ccccc1)c1sc2cc(O)ccc2c1Oc1ccc(OC2CN(CCCF)C2)cc1. The molecule has 0 atom stereocenters. The zero-order valence-electron chi connectivity index (χ0n) is 24.4. The standard InChI is InChI=1S/C27H24FNO4S.3C2H6/c28-13-4-14-29-16-22(17-29)32-20-8-10-21(11-9-20)33-26-23-12-7-19(30)15-24(23)34-27(26)25(31)18-5-2-1-3-6-18;3*1-2/h1-3,5-12,15,22,30H,4,13-14,16-17H2;3*1-2H3. The van der Waals surface area contributed by atoms with E-state index < -0.39 is 0 Å². The summed E-state index contributed by atoms with van der Waals surface area (Å²) < 4.78 is 25.3. The molecule has 1 aromatic heterocycles. The van der Waals surface area contributed by atoms with Gasteiger partial charge >= 0.3 is 0 Å². The molecule has 3 aromatic carbocycles. The van der Waals surface area contributed by atoms with E-state index in [9.17, 15) is 14.3 Å². The second-order valence-electron chi connectivity index (χ2n) is 8.25. The highest BCUT2D eigenvalue weighted by Crippen LogP contribution is 2.42. The van der Waals surface area contributed by atoms with Gasteiger partial charge in [-0.05, 0) is 48.9 Å². The van der Waals surface area contributed by atoms with Crippen LogP contribution in [0, 0.1) is 0 Å². The second-order valence-corrected chi connectivity index (χ2v) is 9.30. The summed E-state index contributed by atoms with van der Waals surface area (Å²) in [5.74, 6) is 1.81. The molecule has 40 heavy (non-hydrogen) atoms. The Balaban J connectivity index is 0.000000876. The maximum atomic E-state index is 13.2. The molecule has 1 aliphatic heterocycles. The number of hydrogen-bond donors (Lipinski definition) is 1. The van der Waals surface area contributed by atoms with Crippen LogP contribution in [0.2, 0.25) is 0 Å². The molecule has 5 rings (SSSR count). The van der Waals surface area contributed by atoms with Gasteiger partial charge in [0.25, 0.3) is 0 Å². The first-order chi connectivity index (χ1) is 19.6. The van der Waals surface area contributed by atoms with Crippen molar-refractivity contribution in [3.8, 4) is 23.0 Å². The number of thiophene rings is 1. The van der Waals surface area contributed by atoms with Gasteiger partial charge < -0.3 is 14.6 Å². The highest BCUT2D eigenvalue weighted by molar-refractivity contribution is 7.21. The lowest BCUT2D eigenvalue weighted by Gasteiger charge is -2.38. The highest BCUT2D eigenvalue weighted by Gasteiger charge is 2.28. The fourth-order valence-electron chi connectivity index (χ4n) is 3.99. The number of nitrogens with zero attached hydrogens (tertiary/aromatic N) is 1. The maximum absolute atomic E-state index is 13.2. The number of likely N-dealkylation sites (tertiary alicyclic amines) is 1. The molecule has 0 unspecified atom stereocenters. The molecule has 4 aromatic rings. The predicted octanol–water partition coefficient (Wildman–Crippen LogP) is 9.13. The average Bonchev–Trinajstić information content (AvgIpc) is 3.35. The van der Waals surface area contributed by atoms with Gasteiger partial charge in [-0.1, -0.05) is 71.9 Å². The molecule has 5 nitrogen and oxygen atoms in total. The molecular weight excluding hydrogens is 525 g/mol. The monoisotopic (exact) mass is 567 g/mol. The molecule has 1 aliphatic rings. The van der Waals surface area contributed by atoms with E-state index >= 15 is 0 Å². The number of hydrogen-bond acceptors (Lipinski definition) is 6. The molecule has 0 bridgehead atoms. The summed E-state index contributed by atoms with van der Waals surface area (Å²) in [6.07, 6.45) is 0.666. The van der Waals surface area contributed by atoms with Crippen molar-refractivity contribution in [2.75, 3.05) is 26.3 Å². The van der Waals surface area contributed by atoms with E-state index in [4.69, 9.17) is 9.47 Å². The van der Waals surface area contributed by atoms with Crippen molar-refractivity contribution in [1.82, 2.24) is 4.90 Å². The molecule has 0 aliphatic carbocycles. The van der Waals surface area contributed by atoms with E-state index in [0.29, 0.717) is 28.4 Å². The van der Waals surface area contributed by atoms with Crippen LogP contribution < -0.4 is 9.47 Å². The van der Waals surface area contributed by atoms with Gasteiger partial charge in [0, 0.05) is 35.3 Å².